The summed E-state index contributed by atoms with van der Waals surface area (Å²) in [4.78, 5) is 11.0. The number of benzene rings is 1. The molecule has 0 amide bonds. The molecule has 0 radical (unpaired) electrons. The fourth-order valence-corrected chi connectivity index (χ4v) is 0.890. The molecular weight excluding hydrogens is 184 g/mol. The van der Waals surface area contributed by atoms with Crippen molar-refractivity contribution in [2.45, 2.75) is 13.2 Å². The predicted molar refractivity (Wildman–Crippen MR) is 49.7 cm³/mol. The van der Waals surface area contributed by atoms with Gasteiger partial charge in [0.1, 0.15) is 5.75 Å². The van der Waals surface area contributed by atoms with Crippen molar-refractivity contribution in [1.82, 2.24) is 0 Å². The summed E-state index contributed by atoms with van der Waals surface area (Å²) in [6.07, 6.45) is -1.56. The second-order valence-corrected chi connectivity index (χ2v) is 2.54. The highest BCUT2D eigenvalue weighted by atomic mass is 16.6. The Labute approximate surface area is 82.1 Å². The largest absolute Gasteiger partial charge is 0.461 e. The topological polar surface area (TPSA) is 55.8 Å². The minimum absolute atomic E-state index is 0.216. The van der Waals surface area contributed by atoms with E-state index >= 15 is 0 Å². The fraction of sp³-hybridized carbons (Fsp3) is 0.300. The lowest BCUT2D eigenvalue weighted by molar-refractivity contribution is -0.168. The van der Waals surface area contributed by atoms with Crippen LogP contribution in [0, 0.1) is 0 Å². The zero-order valence-electron chi connectivity index (χ0n) is 7.84. The molecule has 0 heterocycles. The third-order valence-electron chi connectivity index (χ3n) is 1.48. The normalized spacial score (nSPS) is 11.9. The van der Waals surface area contributed by atoms with Crippen molar-refractivity contribution in [1.29, 1.82) is 0 Å². The number of esters is 1. The molecule has 0 saturated heterocycles. The molecule has 0 fully saturated rings. The van der Waals surface area contributed by atoms with Gasteiger partial charge < -0.3 is 14.6 Å². The van der Waals surface area contributed by atoms with Crippen LogP contribution < -0.4 is 4.74 Å². The van der Waals surface area contributed by atoms with Crippen LogP contribution in [0.15, 0.2) is 30.3 Å². The average Bonchev–Trinajstić information content (AvgIpc) is 2.19. The van der Waals surface area contributed by atoms with Crippen molar-refractivity contribution in [3.05, 3.63) is 30.3 Å². The van der Waals surface area contributed by atoms with E-state index in [1.807, 2.05) is 6.07 Å². The van der Waals surface area contributed by atoms with Crippen LogP contribution in [0.3, 0.4) is 0 Å². The molecule has 0 aliphatic carbocycles. The molecule has 0 aliphatic heterocycles. The van der Waals surface area contributed by atoms with Gasteiger partial charge in [0.05, 0.1) is 6.61 Å². The van der Waals surface area contributed by atoms with E-state index in [-0.39, 0.29) is 6.61 Å². The number of rotatable bonds is 4. The molecule has 0 aromatic heterocycles. The first-order valence-corrected chi connectivity index (χ1v) is 4.30. The Morgan fingerprint density at radius 3 is 2.64 bits per heavy atom. The summed E-state index contributed by atoms with van der Waals surface area (Å²) in [6, 6.07) is 8.58. The lowest BCUT2D eigenvalue weighted by atomic mass is 10.3. The Hall–Kier alpha value is -1.55. The monoisotopic (exact) mass is 196 g/mol. The highest BCUT2D eigenvalue weighted by molar-refractivity contribution is 5.73. The molecular formula is C10H12O4. The van der Waals surface area contributed by atoms with E-state index in [4.69, 9.17) is 4.74 Å². The number of ether oxygens (including phenoxy) is 2. The maximum absolute atomic E-state index is 11.0. The number of para-hydroxylation sites is 1. The quantitative estimate of drug-likeness (QED) is 0.575. The van der Waals surface area contributed by atoms with Gasteiger partial charge in [0.25, 0.3) is 6.29 Å². The Kier molecular flexibility index (Phi) is 3.94. The molecule has 0 bridgehead atoms. The van der Waals surface area contributed by atoms with Gasteiger partial charge in [0.2, 0.25) is 0 Å². The van der Waals surface area contributed by atoms with Crippen molar-refractivity contribution >= 4 is 5.97 Å². The van der Waals surface area contributed by atoms with Gasteiger partial charge in [-0.1, -0.05) is 18.2 Å². The first-order chi connectivity index (χ1) is 6.74. The molecule has 1 atom stereocenters. The van der Waals surface area contributed by atoms with Crippen LogP contribution in [0.25, 0.3) is 0 Å². The molecule has 1 rings (SSSR count). The van der Waals surface area contributed by atoms with Crippen molar-refractivity contribution in [3.63, 3.8) is 0 Å². The number of hydrogen-bond acceptors (Lipinski definition) is 4. The Morgan fingerprint density at radius 1 is 1.43 bits per heavy atom. The van der Waals surface area contributed by atoms with E-state index in [0.29, 0.717) is 5.75 Å². The van der Waals surface area contributed by atoms with Crippen LogP contribution in [-0.2, 0) is 9.53 Å². The number of aliphatic hydroxyl groups excluding tert-OH is 1. The third-order valence-corrected chi connectivity index (χ3v) is 1.48. The Morgan fingerprint density at radius 2 is 2.07 bits per heavy atom. The van der Waals surface area contributed by atoms with Crippen LogP contribution >= 0.6 is 0 Å². The Balaban J connectivity index is 2.49. The first-order valence-electron chi connectivity index (χ1n) is 4.30. The second kappa shape index (κ2) is 5.24. The van der Waals surface area contributed by atoms with Gasteiger partial charge in [-0.3, -0.25) is 0 Å². The van der Waals surface area contributed by atoms with Crippen molar-refractivity contribution < 1.29 is 19.4 Å². The van der Waals surface area contributed by atoms with E-state index in [2.05, 4.69) is 4.74 Å². The molecule has 76 valence electrons. The maximum Gasteiger partial charge on any atom is 0.376 e. The van der Waals surface area contributed by atoms with Crippen molar-refractivity contribution in [3.8, 4) is 5.75 Å². The summed E-state index contributed by atoms with van der Waals surface area (Å²) in [7, 11) is 0. The van der Waals surface area contributed by atoms with E-state index in [0.717, 1.165) is 0 Å². The first kappa shape index (κ1) is 10.5. The van der Waals surface area contributed by atoms with E-state index in [9.17, 15) is 9.90 Å². The molecule has 0 aliphatic rings. The van der Waals surface area contributed by atoms with Crippen LogP contribution in [0.4, 0.5) is 0 Å². The minimum atomic E-state index is -1.56. The van der Waals surface area contributed by atoms with Gasteiger partial charge in [0.15, 0.2) is 0 Å². The summed E-state index contributed by atoms with van der Waals surface area (Å²) in [5.41, 5.74) is 0. The van der Waals surface area contributed by atoms with Crippen LogP contribution in [0.5, 0.6) is 5.75 Å². The smallest absolute Gasteiger partial charge is 0.376 e. The number of aliphatic hydroxyl groups is 1. The van der Waals surface area contributed by atoms with Crippen LogP contribution in [0.2, 0.25) is 0 Å². The summed E-state index contributed by atoms with van der Waals surface area (Å²) in [6.45, 7) is 1.88. The molecule has 0 spiro atoms. The average molecular weight is 196 g/mol. The van der Waals surface area contributed by atoms with Gasteiger partial charge in [-0.15, -0.1) is 0 Å². The lowest BCUT2D eigenvalue weighted by Gasteiger charge is -2.11. The van der Waals surface area contributed by atoms with E-state index < -0.39 is 12.3 Å². The maximum atomic E-state index is 11.0. The van der Waals surface area contributed by atoms with Crippen molar-refractivity contribution in [2.75, 3.05) is 6.61 Å². The standard InChI is InChI=1S/C10H12O4/c1-2-13-9(11)10(12)14-8-6-4-3-5-7-8/h3-7,10,12H,2H2,1H3. The van der Waals surface area contributed by atoms with Crippen LogP contribution in [0.1, 0.15) is 6.92 Å². The molecule has 4 nitrogen and oxygen atoms in total. The predicted octanol–water partition coefficient (Wildman–Crippen LogP) is 0.947. The zero-order valence-corrected chi connectivity index (χ0v) is 7.84. The minimum Gasteiger partial charge on any atom is -0.461 e. The number of hydrogen-bond donors (Lipinski definition) is 1. The van der Waals surface area contributed by atoms with Gasteiger partial charge in [-0.2, -0.15) is 0 Å². The molecule has 14 heavy (non-hydrogen) atoms. The summed E-state index contributed by atoms with van der Waals surface area (Å²) in [5.74, 6) is -0.357. The molecule has 1 aromatic carbocycles. The van der Waals surface area contributed by atoms with Gasteiger partial charge >= 0.3 is 5.97 Å². The van der Waals surface area contributed by atoms with Gasteiger partial charge in [-0.25, -0.2) is 4.79 Å². The molecule has 1 aromatic rings. The summed E-state index contributed by atoms with van der Waals surface area (Å²) >= 11 is 0. The summed E-state index contributed by atoms with van der Waals surface area (Å²) < 4.78 is 9.47. The van der Waals surface area contributed by atoms with E-state index in [1.54, 1.807) is 31.2 Å². The molecule has 0 saturated carbocycles. The third kappa shape index (κ3) is 3.06. The van der Waals surface area contributed by atoms with Gasteiger partial charge in [0, 0.05) is 0 Å². The Bertz CT molecular complexity index is 283. The molecule has 1 N–H and O–H groups in total. The number of carbonyl (C=O) groups is 1. The van der Waals surface area contributed by atoms with Gasteiger partial charge in [-0.05, 0) is 19.1 Å². The lowest BCUT2D eigenvalue weighted by Crippen LogP contribution is -2.28. The SMILES string of the molecule is CCOC(=O)C(O)Oc1ccccc1. The highest BCUT2D eigenvalue weighted by Crippen LogP contribution is 2.10. The van der Waals surface area contributed by atoms with Crippen molar-refractivity contribution in [2.24, 2.45) is 0 Å². The highest BCUT2D eigenvalue weighted by Gasteiger charge is 2.17. The second-order valence-electron chi connectivity index (χ2n) is 2.54. The zero-order chi connectivity index (χ0) is 10.4. The fourth-order valence-electron chi connectivity index (χ4n) is 0.890. The van der Waals surface area contributed by atoms with E-state index in [1.165, 1.54) is 0 Å². The molecule has 4 heteroatoms. The van der Waals surface area contributed by atoms with Crippen LogP contribution in [-0.4, -0.2) is 24.0 Å². The summed E-state index contributed by atoms with van der Waals surface area (Å²) in [5, 5.41) is 9.21. The number of carbonyl (C=O) groups excluding carboxylic acids is 1. The molecule has 1 unspecified atom stereocenters.